The van der Waals surface area contributed by atoms with Crippen LogP contribution in [0.15, 0.2) is 82.8 Å². The molecule has 9 heteroatoms. The molecule has 0 aliphatic heterocycles. The number of aryl methyl sites for hydroxylation is 1. The Labute approximate surface area is 192 Å². The number of hydrogen-bond donors (Lipinski definition) is 1. The number of nitrogens with zero attached hydrogens (tertiary/aromatic N) is 2. The summed E-state index contributed by atoms with van der Waals surface area (Å²) in [7, 11) is -4.05. The van der Waals surface area contributed by atoms with Crippen LogP contribution in [0, 0.1) is 12.7 Å². The van der Waals surface area contributed by atoms with E-state index < -0.39 is 22.5 Å². The SMILES string of the molecule is CCOc1ccc(S(=O)(=O)N(CC(=O)N/N=C\c2ccc(F)cc2)c2ccc(C)cc2)cc1. The summed E-state index contributed by atoms with van der Waals surface area (Å²) < 4.78 is 46.1. The Morgan fingerprint density at radius 2 is 1.67 bits per heavy atom. The Bertz CT molecular complexity index is 1210. The van der Waals surface area contributed by atoms with Crippen LogP contribution in [0.3, 0.4) is 0 Å². The van der Waals surface area contributed by atoms with E-state index in [0.29, 0.717) is 23.6 Å². The molecule has 3 rings (SSSR count). The van der Waals surface area contributed by atoms with Crippen molar-refractivity contribution >= 4 is 27.8 Å². The van der Waals surface area contributed by atoms with Crippen molar-refractivity contribution in [2.24, 2.45) is 5.10 Å². The van der Waals surface area contributed by atoms with Gasteiger partial charge in [-0.1, -0.05) is 29.8 Å². The second-order valence-electron chi connectivity index (χ2n) is 7.10. The normalized spacial score (nSPS) is 11.4. The molecule has 0 radical (unpaired) electrons. The Hall–Kier alpha value is -3.72. The van der Waals surface area contributed by atoms with Crippen LogP contribution in [0.25, 0.3) is 0 Å². The van der Waals surface area contributed by atoms with Gasteiger partial charge in [-0.25, -0.2) is 18.2 Å². The molecule has 0 fully saturated rings. The van der Waals surface area contributed by atoms with E-state index in [-0.39, 0.29) is 10.7 Å². The maximum absolute atomic E-state index is 13.4. The standard InChI is InChI=1S/C24H24FN3O4S/c1-3-32-22-12-14-23(15-13-22)33(30,31)28(21-10-4-18(2)5-11-21)17-24(29)27-26-16-19-6-8-20(25)9-7-19/h4-16H,3,17H2,1-2H3,(H,27,29)/b26-16-. The average Bonchev–Trinajstić information content (AvgIpc) is 2.80. The predicted molar refractivity (Wildman–Crippen MR) is 125 cm³/mol. The van der Waals surface area contributed by atoms with E-state index >= 15 is 0 Å². The van der Waals surface area contributed by atoms with Crippen LogP contribution >= 0.6 is 0 Å². The maximum Gasteiger partial charge on any atom is 0.264 e. The minimum Gasteiger partial charge on any atom is -0.494 e. The summed E-state index contributed by atoms with van der Waals surface area (Å²) in [5.41, 5.74) is 4.18. The molecule has 0 saturated heterocycles. The molecule has 0 bridgehead atoms. The van der Waals surface area contributed by atoms with Crippen LogP contribution in [-0.4, -0.2) is 33.7 Å². The summed E-state index contributed by atoms with van der Waals surface area (Å²) in [6, 6.07) is 18.3. The van der Waals surface area contributed by atoms with E-state index in [4.69, 9.17) is 4.74 Å². The summed E-state index contributed by atoms with van der Waals surface area (Å²) in [4.78, 5) is 12.6. The van der Waals surface area contributed by atoms with Gasteiger partial charge in [0.2, 0.25) is 0 Å². The zero-order valence-corrected chi connectivity index (χ0v) is 19.0. The molecule has 0 heterocycles. The van der Waals surface area contributed by atoms with Gasteiger partial charge in [0.1, 0.15) is 18.1 Å². The number of hydrazone groups is 1. The summed E-state index contributed by atoms with van der Waals surface area (Å²) in [5.74, 6) is -0.473. The van der Waals surface area contributed by atoms with Gasteiger partial charge in [0.05, 0.1) is 23.4 Å². The molecule has 0 aliphatic rings. The molecular formula is C24H24FN3O4S. The van der Waals surface area contributed by atoms with Gasteiger partial charge in [0.15, 0.2) is 0 Å². The van der Waals surface area contributed by atoms with Crippen molar-refractivity contribution in [1.82, 2.24) is 5.43 Å². The molecule has 7 nitrogen and oxygen atoms in total. The van der Waals surface area contributed by atoms with Crippen LogP contribution in [0.4, 0.5) is 10.1 Å². The zero-order valence-electron chi connectivity index (χ0n) is 18.2. The Morgan fingerprint density at radius 1 is 1.03 bits per heavy atom. The number of halogens is 1. The number of anilines is 1. The van der Waals surface area contributed by atoms with Gasteiger partial charge in [-0.05, 0) is 67.9 Å². The molecule has 1 N–H and O–H groups in total. The fraction of sp³-hybridized carbons (Fsp3) is 0.167. The number of carbonyl (C=O) groups excluding carboxylic acids is 1. The highest BCUT2D eigenvalue weighted by molar-refractivity contribution is 7.92. The fourth-order valence-electron chi connectivity index (χ4n) is 2.92. The van der Waals surface area contributed by atoms with Gasteiger partial charge < -0.3 is 4.74 Å². The van der Waals surface area contributed by atoms with Crippen molar-refractivity contribution in [3.63, 3.8) is 0 Å². The summed E-state index contributed by atoms with van der Waals surface area (Å²) in [6.45, 7) is 3.69. The Balaban J connectivity index is 1.82. The molecule has 0 atom stereocenters. The molecule has 0 aromatic heterocycles. The van der Waals surface area contributed by atoms with E-state index in [1.807, 2.05) is 13.8 Å². The van der Waals surface area contributed by atoms with Crippen molar-refractivity contribution in [2.45, 2.75) is 18.7 Å². The van der Waals surface area contributed by atoms with E-state index in [0.717, 1.165) is 9.87 Å². The van der Waals surface area contributed by atoms with Crippen LogP contribution in [0.1, 0.15) is 18.1 Å². The highest BCUT2D eigenvalue weighted by Gasteiger charge is 2.27. The monoisotopic (exact) mass is 469 g/mol. The lowest BCUT2D eigenvalue weighted by Crippen LogP contribution is -2.39. The van der Waals surface area contributed by atoms with Gasteiger partial charge in [-0.3, -0.25) is 9.10 Å². The first-order valence-electron chi connectivity index (χ1n) is 10.2. The Morgan fingerprint density at radius 3 is 2.27 bits per heavy atom. The molecule has 0 spiro atoms. The third-order valence-corrected chi connectivity index (χ3v) is 6.39. The molecule has 3 aromatic carbocycles. The molecule has 172 valence electrons. The van der Waals surface area contributed by atoms with E-state index in [2.05, 4.69) is 10.5 Å². The lowest BCUT2D eigenvalue weighted by molar-refractivity contribution is -0.119. The van der Waals surface area contributed by atoms with Crippen LogP contribution in [0.2, 0.25) is 0 Å². The quantitative estimate of drug-likeness (QED) is 0.381. The largest absolute Gasteiger partial charge is 0.494 e. The van der Waals surface area contributed by atoms with Crippen molar-refractivity contribution < 1.29 is 22.3 Å². The van der Waals surface area contributed by atoms with Gasteiger partial charge in [-0.2, -0.15) is 5.10 Å². The van der Waals surface area contributed by atoms with E-state index in [9.17, 15) is 17.6 Å². The highest BCUT2D eigenvalue weighted by atomic mass is 32.2. The topological polar surface area (TPSA) is 88.1 Å². The number of hydrogen-bond acceptors (Lipinski definition) is 5. The highest BCUT2D eigenvalue weighted by Crippen LogP contribution is 2.25. The molecule has 33 heavy (non-hydrogen) atoms. The van der Waals surface area contributed by atoms with Gasteiger partial charge in [0, 0.05) is 0 Å². The number of rotatable bonds is 9. The number of ether oxygens (including phenoxy) is 1. The number of carbonyl (C=O) groups is 1. The zero-order chi connectivity index (χ0) is 23.8. The summed E-state index contributed by atoms with van der Waals surface area (Å²) in [6.07, 6.45) is 1.34. The minimum absolute atomic E-state index is 0.0224. The Kier molecular flexibility index (Phi) is 7.78. The molecule has 0 unspecified atom stereocenters. The molecular weight excluding hydrogens is 445 g/mol. The third kappa shape index (κ3) is 6.39. The van der Waals surface area contributed by atoms with Crippen molar-refractivity contribution in [3.8, 4) is 5.75 Å². The second kappa shape index (κ2) is 10.7. The lowest BCUT2D eigenvalue weighted by atomic mass is 10.2. The minimum atomic E-state index is -4.05. The van der Waals surface area contributed by atoms with Gasteiger partial charge in [-0.15, -0.1) is 0 Å². The smallest absolute Gasteiger partial charge is 0.264 e. The van der Waals surface area contributed by atoms with Crippen molar-refractivity contribution in [3.05, 3.63) is 89.7 Å². The van der Waals surface area contributed by atoms with E-state index in [1.165, 1.54) is 42.6 Å². The summed E-state index contributed by atoms with van der Waals surface area (Å²) in [5, 5.41) is 3.83. The first kappa shape index (κ1) is 23.9. The van der Waals surface area contributed by atoms with Gasteiger partial charge in [0.25, 0.3) is 15.9 Å². The number of nitrogens with one attached hydrogen (secondary N) is 1. The lowest BCUT2D eigenvalue weighted by Gasteiger charge is -2.24. The van der Waals surface area contributed by atoms with Gasteiger partial charge >= 0.3 is 0 Å². The molecule has 0 saturated carbocycles. The number of sulfonamides is 1. The van der Waals surface area contributed by atoms with Crippen LogP contribution in [0.5, 0.6) is 5.75 Å². The fourth-order valence-corrected chi connectivity index (χ4v) is 4.34. The second-order valence-corrected chi connectivity index (χ2v) is 8.96. The number of amides is 1. The summed E-state index contributed by atoms with van der Waals surface area (Å²) >= 11 is 0. The first-order chi connectivity index (χ1) is 15.8. The molecule has 1 amide bonds. The molecule has 0 aliphatic carbocycles. The van der Waals surface area contributed by atoms with Crippen LogP contribution < -0.4 is 14.5 Å². The number of benzene rings is 3. The van der Waals surface area contributed by atoms with E-state index in [1.54, 1.807) is 36.4 Å². The van der Waals surface area contributed by atoms with Crippen LogP contribution in [-0.2, 0) is 14.8 Å². The maximum atomic E-state index is 13.4. The van der Waals surface area contributed by atoms with Crippen molar-refractivity contribution in [1.29, 1.82) is 0 Å². The third-order valence-electron chi connectivity index (χ3n) is 4.60. The average molecular weight is 470 g/mol. The predicted octanol–water partition coefficient (Wildman–Crippen LogP) is 3.88. The molecule has 3 aromatic rings. The first-order valence-corrected chi connectivity index (χ1v) is 11.6. The van der Waals surface area contributed by atoms with Crippen molar-refractivity contribution in [2.75, 3.05) is 17.5 Å².